The first-order valence-electron chi connectivity index (χ1n) is 9.26. The molecule has 2 unspecified atom stereocenters. The number of carbonyl (C=O) groups is 1. The van der Waals surface area contributed by atoms with E-state index in [2.05, 4.69) is 21.0 Å². The molecule has 0 spiro atoms. The number of hydrogen-bond acceptors (Lipinski definition) is 5. The number of fused-ring (bicyclic) bond motifs is 1. The van der Waals surface area contributed by atoms with Crippen molar-refractivity contribution in [3.05, 3.63) is 47.6 Å². The van der Waals surface area contributed by atoms with Crippen LogP contribution in [0.15, 0.2) is 36.1 Å². The molecule has 0 radical (unpaired) electrons. The first kappa shape index (κ1) is 19.5. The van der Waals surface area contributed by atoms with Crippen LogP contribution in [0.25, 0.3) is 6.08 Å². The highest BCUT2D eigenvalue weighted by Gasteiger charge is 2.43. The summed E-state index contributed by atoms with van der Waals surface area (Å²) in [6.45, 7) is 0.398. The van der Waals surface area contributed by atoms with Gasteiger partial charge in [-0.05, 0) is 37.1 Å². The number of nitrogens with zero attached hydrogens (tertiary/aromatic N) is 3. The third kappa shape index (κ3) is 4.14. The summed E-state index contributed by atoms with van der Waals surface area (Å²) < 4.78 is 53.9. The van der Waals surface area contributed by atoms with Crippen molar-refractivity contribution >= 4 is 12.0 Å². The van der Waals surface area contributed by atoms with E-state index < -0.39 is 24.2 Å². The minimum atomic E-state index is -4.23. The molecule has 1 amide bonds. The highest BCUT2D eigenvalue weighted by Crippen LogP contribution is 2.34. The van der Waals surface area contributed by atoms with E-state index in [1.54, 1.807) is 17.1 Å². The summed E-state index contributed by atoms with van der Waals surface area (Å²) in [5.74, 6) is -1.38. The first-order chi connectivity index (χ1) is 13.8. The number of amides is 1. The maximum atomic E-state index is 13.1. The lowest BCUT2D eigenvalue weighted by molar-refractivity contribution is -0.187. The normalized spacial score (nSPS) is 24.7. The average molecular weight is 412 g/mol. The van der Waals surface area contributed by atoms with Crippen LogP contribution in [-0.4, -0.2) is 52.4 Å². The molecule has 0 bridgehead atoms. The van der Waals surface area contributed by atoms with Gasteiger partial charge in [-0.1, -0.05) is 0 Å². The van der Waals surface area contributed by atoms with Crippen molar-refractivity contribution in [1.82, 2.24) is 25.2 Å². The van der Waals surface area contributed by atoms with Crippen molar-refractivity contribution in [2.45, 2.75) is 25.2 Å². The van der Waals surface area contributed by atoms with Gasteiger partial charge in [0.1, 0.15) is 23.5 Å². The Balaban J connectivity index is 1.47. The molecule has 3 aliphatic heterocycles. The SMILES string of the molecule is O=C(NC1=CC=C(F)CN1)c1cnc2n1NC(N1CCCC(C(F)(F)F)C1)C=C2. The molecule has 0 aromatic carbocycles. The summed E-state index contributed by atoms with van der Waals surface area (Å²) in [5, 5.41) is 5.35. The van der Waals surface area contributed by atoms with E-state index in [9.17, 15) is 22.4 Å². The second kappa shape index (κ2) is 7.54. The van der Waals surface area contributed by atoms with Crippen LogP contribution in [0.3, 0.4) is 0 Å². The van der Waals surface area contributed by atoms with Crippen molar-refractivity contribution in [1.29, 1.82) is 0 Å². The number of aromatic nitrogens is 2. The fourth-order valence-electron chi connectivity index (χ4n) is 3.61. The molecule has 3 N–H and O–H groups in total. The number of nitrogens with one attached hydrogen (secondary N) is 3. The summed E-state index contributed by atoms with van der Waals surface area (Å²) >= 11 is 0. The number of allylic oxidation sites excluding steroid dienone is 2. The van der Waals surface area contributed by atoms with E-state index in [-0.39, 0.29) is 31.0 Å². The quantitative estimate of drug-likeness (QED) is 0.663. The van der Waals surface area contributed by atoms with Crippen molar-refractivity contribution in [3.8, 4) is 0 Å². The van der Waals surface area contributed by atoms with E-state index in [4.69, 9.17) is 0 Å². The summed E-state index contributed by atoms with van der Waals surface area (Å²) in [6, 6.07) is 0. The van der Waals surface area contributed by atoms with Gasteiger partial charge in [0, 0.05) is 13.1 Å². The lowest BCUT2D eigenvalue weighted by Gasteiger charge is -2.39. The van der Waals surface area contributed by atoms with Crippen LogP contribution in [0.2, 0.25) is 0 Å². The van der Waals surface area contributed by atoms with Gasteiger partial charge in [-0.15, -0.1) is 0 Å². The lowest BCUT2D eigenvalue weighted by Crippen LogP contribution is -2.51. The zero-order chi connectivity index (χ0) is 20.6. The van der Waals surface area contributed by atoms with Crippen LogP contribution < -0.4 is 16.1 Å². The van der Waals surface area contributed by atoms with Crippen molar-refractivity contribution < 1.29 is 22.4 Å². The number of imidazole rings is 1. The Labute approximate surface area is 164 Å². The topological polar surface area (TPSA) is 74.2 Å². The van der Waals surface area contributed by atoms with E-state index in [0.29, 0.717) is 24.6 Å². The van der Waals surface area contributed by atoms with Gasteiger partial charge in [-0.2, -0.15) is 13.2 Å². The summed E-state index contributed by atoms with van der Waals surface area (Å²) in [7, 11) is 0. The van der Waals surface area contributed by atoms with Crippen LogP contribution in [0, 0.1) is 5.92 Å². The number of piperidine rings is 1. The van der Waals surface area contributed by atoms with E-state index in [1.165, 1.54) is 23.0 Å². The molecule has 2 atom stereocenters. The molecule has 29 heavy (non-hydrogen) atoms. The molecule has 11 heteroatoms. The standard InChI is InChI=1S/C18H20F4N6O/c19-12-3-4-14(23-8-12)25-17(29)13-9-24-15-5-6-16(26-28(13)15)27-7-1-2-11(10-27)18(20,21)22/h3-6,9,11,16,23,26H,1-2,7-8,10H2,(H,25,29). The average Bonchev–Trinajstić information content (AvgIpc) is 3.12. The molecule has 0 aliphatic carbocycles. The van der Waals surface area contributed by atoms with Crippen molar-refractivity contribution in [2.24, 2.45) is 5.92 Å². The van der Waals surface area contributed by atoms with Crippen LogP contribution in [0.4, 0.5) is 17.6 Å². The van der Waals surface area contributed by atoms with E-state index >= 15 is 0 Å². The molecule has 1 aromatic rings. The zero-order valence-electron chi connectivity index (χ0n) is 15.3. The van der Waals surface area contributed by atoms with Crippen LogP contribution in [0.5, 0.6) is 0 Å². The minimum Gasteiger partial charge on any atom is -0.365 e. The third-order valence-electron chi connectivity index (χ3n) is 5.15. The fraction of sp³-hybridized carbons (Fsp3) is 0.444. The molecule has 0 saturated carbocycles. The number of carbonyl (C=O) groups excluding carboxylic acids is 1. The van der Waals surface area contributed by atoms with Crippen LogP contribution >= 0.6 is 0 Å². The number of hydrogen-bond donors (Lipinski definition) is 3. The maximum Gasteiger partial charge on any atom is 0.393 e. The Morgan fingerprint density at radius 2 is 2.14 bits per heavy atom. The molecular weight excluding hydrogens is 392 g/mol. The number of likely N-dealkylation sites (tertiary alicyclic amines) is 1. The first-order valence-corrected chi connectivity index (χ1v) is 9.26. The van der Waals surface area contributed by atoms with Gasteiger partial charge in [-0.25, -0.2) is 14.1 Å². The molecular formula is C18H20F4N6O. The number of halogens is 4. The highest BCUT2D eigenvalue weighted by molar-refractivity contribution is 5.94. The third-order valence-corrected chi connectivity index (χ3v) is 5.15. The Hall–Kier alpha value is -2.82. The Morgan fingerprint density at radius 1 is 1.31 bits per heavy atom. The van der Waals surface area contributed by atoms with Crippen LogP contribution in [-0.2, 0) is 0 Å². The van der Waals surface area contributed by atoms with Gasteiger partial charge >= 0.3 is 6.18 Å². The predicted octanol–water partition coefficient (Wildman–Crippen LogP) is 2.08. The lowest BCUT2D eigenvalue weighted by atomic mass is 9.97. The van der Waals surface area contributed by atoms with Gasteiger partial charge in [0.15, 0.2) is 5.82 Å². The Bertz CT molecular complexity index is 887. The Morgan fingerprint density at radius 3 is 2.86 bits per heavy atom. The van der Waals surface area contributed by atoms with Gasteiger partial charge in [0.25, 0.3) is 5.91 Å². The maximum absolute atomic E-state index is 13.1. The minimum absolute atomic E-state index is 0.0188. The fourth-order valence-corrected chi connectivity index (χ4v) is 3.61. The molecule has 1 saturated heterocycles. The smallest absolute Gasteiger partial charge is 0.365 e. The number of alkyl halides is 3. The van der Waals surface area contributed by atoms with Gasteiger partial charge in [-0.3, -0.25) is 9.69 Å². The molecule has 3 aliphatic rings. The summed E-state index contributed by atoms with van der Waals surface area (Å²) in [6.07, 6.45) is 3.30. The highest BCUT2D eigenvalue weighted by atomic mass is 19.4. The largest absolute Gasteiger partial charge is 0.393 e. The molecule has 4 heterocycles. The number of rotatable bonds is 3. The van der Waals surface area contributed by atoms with Gasteiger partial charge in [0.05, 0.1) is 18.7 Å². The molecule has 1 fully saturated rings. The second-order valence-electron chi connectivity index (χ2n) is 7.15. The molecule has 156 valence electrons. The summed E-state index contributed by atoms with van der Waals surface area (Å²) in [4.78, 5) is 18.5. The monoisotopic (exact) mass is 412 g/mol. The molecule has 1 aromatic heterocycles. The predicted molar refractivity (Wildman–Crippen MR) is 97.5 cm³/mol. The second-order valence-corrected chi connectivity index (χ2v) is 7.15. The van der Waals surface area contributed by atoms with Crippen LogP contribution in [0.1, 0.15) is 29.2 Å². The van der Waals surface area contributed by atoms with E-state index in [1.807, 2.05) is 0 Å². The molecule has 4 rings (SSSR count). The van der Waals surface area contributed by atoms with E-state index in [0.717, 1.165) is 0 Å². The summed E-state index contributed by atoms with van der Waals surface area (Å²) in [5.41, 5.74) is 3.26. The molecule has 7 nitrogen and oxygen atoms in total. The van der Waals surface area contributed by atoms with Crippen molar-refractivity contribution in [2.75, 3.05) is 25.1 Å². The number of dihydropyridines is 1. The van der Waals surface area contributed by atoms with Gasteiger partial charge in [0.2, 0.25) is 0 Å². The van der Waals surface area contributed by atoms with Crippen molar-refractivity contribution in [3.63, 3.8) is 0 Å². The zero-order valence-corrected chi connectivity index (χ0v) is 15.3. The van der Waals surface area contributed by atoms with Gasteiger partial charge < -0.3 is 16.1 Å². The Kier molecular flexibility index (Phi) is 5.07.